The first kappa shape index (κ1) is 35.3. The van der Waals surface area contributed by atoms with E-state index in [1.165, 1.54) is 118 Å². The normalized spacial score (nSPS) is 12.7. The highest BCUT2D eigenvalue weighted by molar-refractivity contribution is 6.12. The van der Waals surface area contributed by atoms with Crippen molar-refractivity contribution in [1.82, 2.24) is 9.13 Å². The highest BCUT2D eigenvalue weighted by Crippen LogP contribution is 2.45. The largest absolute Gasteiger partial charge is 0.313 e. The predicted molar refractivity (Wildman–Crippen MR) is 250 cm³/mol. The fourth-order valence-electron chi connectivity index (χ4n) is 10.2. The quantitative estimate of drug-likeness (QED) is 0.160. The molecule has 0 amide bonds. The van der Waals surface area contributed by atoms with Crippen LogP contribution in [0, 0.1) is 20.8 Å². The molecule has 2 aromatic heterocycles. The molecule has 0 radical (unpaired) electrons. The van der Waals surface area contributed by atoms with Crippen LogP contribution in [-0.4, -0.2) is 9.13 Å². The highest BCUT2D eigenvalue weighted by Gasteiger charge is 2.27. The van der Waals surface area contributed by atoms with Gasteiger partial charge in [-0.2, -0.15) is 0 Å². The van der Waals surface area contributed by atoms with Gasteiger partial charge in [0.2, 0.25) is 0 Å². The average Bonchev–Trinajstić information content (AvgIpc) is 3.82. The molecule has 1 aliphatic carbocycles. The lowest BCUT2D eigenvalue weighted by molar-refractivity contribution is 0.666. The zero-order valence-corrected chi connectivity index (χ0v) is 34.0. The van der Waals surface area contributed by atoms with Crippen molar-refractivity contribution in [1.29, 1.82) is 0 Å². The Morgan fingerprint density at radius 2 is 0.864 bits per heavy atom. The standard InChI is InChI=1S/C57H46N2/c1-37-38(2)57-56(49-24-13-14-25-52(49)59(57)47-22-11-6-12-23-47)39(3)55(37)46-29-33-54-51(36-46)50-35-45(41-18-9-5-10-19-41)28-32-53(50)58(54)48-30-26-42(27-31-48)44-21-15-20-43(34-44)40-16-7-4-8-17-40/h4-12,15-23,26-36H,13-14,24-25H2,1-3H3. The van der Waals surface area contributed by atoms with Crippen LogP contribution >= 0.6 is 0 Å². The van der Waals surface area contributed by atoms with Crippen molar-refractivity contribution in [2.75, 3.05) is 0 Å². The summed E-state index contributed by atoms with van der Waals surface area (Å²) in [5.74, 6) is 0. The van der Waals surface area contributed by atoms with E-state index in [0.717, 1.165) is 18.5 Å². The fraction of sp³-hybridized carbons (Fsp3) is 0.123. The molecule has 11 rings (SSSR count). The Kier molecular flexibility index (Phi) is 8.48. The van der Waals surface area contributed by atoms with Gasteiger partial charge < -0.3 is 9.13 Å². The summed E-state index contributed by atoms with van der Waals surface area (Å²) < 4.78 is 5.05. The number of nitrogens with zero attached hydrogens (tertiary/aromatic N) is 2. The Hall–Kier alpha value is -6.90. The maximum absolute atomic E-state index is 2.59. The topological polar surface area (TPSA) is 9.86 Å². The van der Waals surface area contributed by atoms with Gasteiger partial charge in [-0.1, -0.05) is 121 Å². The molecule has 1 aliphatic rings. The molecule has 0 spiro atoms. The van der Waals surface area contributed by atoms with Gasteiger partial charge in [-0.05, 0) is 168 Å². The summed E-state index contributed by atoms with van der Waals surface area (Å²) in [7, 11) is 0. The summed E-state index contributed by atoms with van der Waals surface area (Å²) in [6, 6.07) is 64.7. The Morgan fingerprint density at radius 3 is 1.51 bits per heavy atom. The number of aryl methyl sites for hydroxylation is 3. The monoisotopic (exact) mass is 758 g/mol. The number of rotatable bonds is 6. The molecule has 8 aromatic carbocycles. The summed E-state index contributed by atoms with van der Waals surface area (Å²) in [5.41, 5.74) is 23.5. The molecule has 0 saturated heterocycles. The highest BCUT2D eigenvalue weighted by atomic mass is 15.0. The zero-order valence-electron chi connectivity index (χ0n) is 34.0. The molecular formula is C57H46N2. The van der Waals surface area contributed by atoms with E-state index in [0.29, 0.717) is 0 Å². The van der Waals surface area contributed by atoms with E-state index in [1.807, 2.05) is 0 Å². The van der Waals surface area contributed by atoms with E-state index < -0.39 is 0 Å². The van der Waals surface area contributed by atoms with Crippen molar-refractivity contribution in [2.24, 2.45) is 0 Å². The van der Waals surface area contributed by atoms with Crippen LogP contribution in [0.2, 0.25) is 0 Å². The van der Waals surface area contributed by atoms with Gasteiger partial charge in [0.25, 0.3) is 0 Å². The van der Waals surface area contributed by atoms with Crippen LogP contribution in [0.3, 0.4) is 0 Å². The van der Waals surface area contributed by atoms with Crippen molar-refractivity contribution in [3.05, 3.63) is 204 Å². The van der Waals surface area contributed by atoms with Crippen molar-refractivity contribution >= 4 is 32.7 Å². The Morgan fingerprint density at radius 1 is 0.373 bits per heavy atom. The van der Waals surface area contributed by atoms with Gasteiger partial charge in [0.05, 0.1) is 16.6 Å². The third-order valence-electron chi connectivity index (χ3n) is 13.1. The molecule has 0 N–H and O–H groups in total. The third kappa shape index (κ3) is 5.77. The Labute approximate surface area is 346 Å². The van der Waals surface area contributed by atoms with Crippen molar-refractivity contribution in [3.63, 3.8) is 0 Å². The summed E-state index contributed by atoms with van der Waals surface area (Å²) in [6.45, 7) is 7.08. The van der Waals surface area contributed by atoms with Gasteiger partial charge in [0.15, 0.2) is 0 Å². The number of fused-ring (bicyclic) bond motifs is 6. The van der Waals surface area contributed by atoms with Gasteiger partial charge >= 0.3 is 0 Å². The van der Waals surface area contributed by atoms with E-state index in [-0.39, 0.29) is 0 Å². The number of para-hydroxylation sites is 1. The maximum atomic E-state index is 2.59. The zero-order chi connectivity index (χ0) is 39.6. The third-order valence-corrected chi connectivity index (χ3v) is 13.1. The van der Waals surface area contributed by atoms with Crippen molar-refractivity contribution in [3.8, 4) is 55.9 Å². The van der Waals surface area contributed by atoms with Crippen LogP contribution in [0.4, 0.5) is 0 Å². The van der Waals surface area contributed by atoms with Gasteiger partial charge in [-0.3, -0.25) is 0 Å². The molecule has 59 heavy (non-hydrogen) atoms. The Balaban J connectivity index is 1.09. The average molecular weight is 759 g/mol. The minimum atomic E-state index is 1.13. The van der Waals surface area contributed by atoms with Gasteiger partial charge in [0.1, 0.15) is 0 Å². The first-order valence-electron chi connectivity index (χ1n) is 21.1. The summed E-state index contributed by atoms with van der Waals surface area (Å²) in [6.07, 6.45) is 4.76. The van der Waals surface area contributed by atoms with Gasteiger partial charge in [-0.25, -0.2) is 0 Å². The van der Waals surface area contributed by atoms with E-state index in [2.05, 4.69) is 206 Å². The second-order valence-corrected chi connectivity index (χ2v) is 16.4. The van der Waals surface area contributed by atoms with Crippen LogP contribution in [0.25, 0.3) is 88.6 Å². The predicted octanol–water partition coefficient (Wildman–Crippen LogP) is 15.2. The molecule has 0 bridgehead atoms. The molecule has 284 valence electrons. The molecular weight excluding hydrogens is 713 g/mol. The molecule has 2 nitrogen and oxygen atoms in total. The van der Waals surface area contributed by atoms with Gasteiger partial charge in [-0.15, -0.1) is 0 Å². The number of benzene rings is 8. The molecule has 0 fully saturated rings. The molecule has 0 aliphatic heterocycles. The van der Waals surface area contributed by atoms with E-state index in [9.17, 15) is 0 Å². The van der Waals surface area contributed by atoms with E-state index in [1.54, 1.807) is 5.56 Å². The lowest BCUT2D eigenvalue weighted by atomic mass is 9.86. The second-order valence-electron chi connectivity index (χ2n) is 16.4. The van der Waals surface area contributed by atoms with E-state index in [4.69, 9.17) is 0 Å². The summed E-state index contributed by atoms with van der Waals surface area (Å²) >= 11 is 0. The smallest absolute Gasteiger partial charge is 0.0569 e. The minimum absolute atomic E-state index is 1.13. The number of hydrogen-bond donors (Lipinski definition) is 0. The fourth-order valence-corrected chi connectivity index (χ4v) is 10.2. The summed E-state index contributed by atoms with van der Waals surface area (Å²) in [4.78, 5) is 0. The molecule has 2 heterocycles. The maximum Gasteiger partial charge on any atom is 0.0569 e. The molecule has 10 aromatic rings. The van der Waals surface area contributed by atoms with Crippen LogP contribution < -0.4 is 0 Å². The van der Waals surface area contributed by atoms with Crippen molar-refractivity contribution < 1.29 is 0 Å². The second kappa shape index (κ2) is 14.2. The van der Waals surface area contributed by atoms with Crippen molar-refractivity contribution in [2.45, 2.75) is 46.5 Å². The molecule has 0 unspecified atom stereocenters. The molecule has 0 saturated carbocycles. The van der Waals surface area contributed by atoms with Crippen LogP contribution in [0.15, 0.2) is 176 Å². The number of aromatic nitrogens is 2. The molecule has 0 atom stereocenters. The number of hydrogen-bond acceptors (Lipinski definition) is 0. The lowest BCUT2D eigenvalue weighted by Gasteiger charge is -2.18. The Bertz CT molecular complexity index is 3200. The van der Waals surface area contributed by atoms with Crippen LogP contribution in [0.5, 0.6) is 0 Å². The molecule has 2 heteroatoms. The van der Waals surface area contributed by atoms with Gasteiger partial charge in [0, 0.05) is 33.2 Å². The first-order valence-corrected chi connectivity index (χ1v) is 21.1. The van der Waals surface area contributed by atoms with Crippen LogP contribution in [-0.2, 0) is 12.8 Å². The van der Waals surface area contributed by atoms with E-state index >= 15 is 0 Å². The SMILES string of the molecule is Cc1c(-c2ccc3c(c2)c2cc(-c4ccccc4)ccc2n3-c2ccc(-c3cccc(-c4ccccc4)c3)cc2)c(C)c2c3c(n(-c4ccccc4)c2c1C)CCCC3. The summed E-state index contributed by atoms with van der Waals surface area (Å²) in [5, 5.41) is 4.00. The minimum Gasteiger partial charge on any atom is -0.313 e. The first-order chi connectivity index (χ1) is 29.0. The lowest BCUT2D eigenvalue weighted by Crippen LogP contribution is -2.07. The van der Waals surface area contributed by atoms with Crippen LogP contribution in [0.1, 0.15) is 40.8 Å².